The normalized spacial score (nSPS) is 10.2. The van der Waals surface area contributed by atoms with E-state index in [0.29, 0.717) is 17.3 Å². The molecule has 0 aliphatic carbocycles. The fourth-order valence-corrected chi connectivity index (χ4v) is 1.72. The summed E-state index contributed by atoms with van der Waals surface area (Å²) in [6, 6.07) is 5.65. The maximum absolute atomic E-state index is 11.7. The Bertz CT molecular complexity index is 624. The third-order valence-electron chi connectivity index (χ3n) is 2.53. The van der Waals surface area contributed by atoms with Crippen LogP contribution in [-0.4, -0.2) is 20.6 Å². The summed E-state index contributed by atoms with van der Waals surface area (Å²) >= 11 is 5.71. The third kappa shape index (κ3) is 3.79. The Morgan fingerprint density at radius 3 is 2.65 bits per heavy atom. The van der Waals surface area contributed by atoms with Gasteiger partial charge >= 0.3 is 0 Å². The van der Waals surface area contributed by atoms with Gasteiger partial charge in [-0.2, -0.15) is 5.10 Å². The molecule has 8 heteroatoms. The minimum atomic E-state index is -0.493. The predicted octanol–water partition coefficient (Wildman–Crippen LogP) is 2.47. The molecule has 0 radical (unpaired) electrons. The molecular formula is C12H11ClN4O3. The number of hydrogen-bond donors (Lipinski definition) is 1. The summed E-state index contributed by atoms with van der Waals surface area (Å²) in [6.45, 7) is 0.408. The highest BCUT2D eigenvalue weighted by Gasteiger charge is 2.07. The first kappa shape index (κ1) is 14.0. The molecule has 0 aliphatic rings. The number of aryl methyl sites for hydroxylation is 1. The van der Waals surface area contributed by atoms with Crippen molar-refractivity contribution in [1.29, 1.82) is 0 Å². The van der Waals surface area contributed by atoms with Gasteiger partial charge in [0.05, 0.1) is 16.1 Å². The number of carbonyl (C=O) groups is 1. The second-order valence-electron chi connectivity index (χ2n) is 4.02. The van der Waals surface area contributed by atoms with Crippen LogP contribution in [0.5, 0.6) is 0 Å². The zero-order valence-corrected chi connectivity index (χ0v) is 11.1. The summed E-state index contributed by atoms with van der Waals surface area (Å²) in [5.74, 6) is -0.203. The zero-order chi connectivity index (χ0) is 14.5. The van der Waals surface area contributed by atoms with E-state index in [1.165, 1.54) is 30.5 Å². The van der Waals surface area contributed by atoms with Crippen molar-refractivity contribution in [2.75, 3.05) is 5.32 Å². The number of nitro groups is 1. The monoisotopic (exact) mass is 294 g/mol. The molecule has 7 nitrogen and oxygen atoms in total. The quantitative estimate of drug-likeness (QED) is 0.677. The maximum Gasteiger partial charge on any atom is 0.269 e. The SMILES string of the molecule is O=C(CCn1cc(Cl)cn1)Nc1ccc([N+](=O)[O-])cc1. The van der Waals surface area contributed by atoms with Gasteiger partial charge in [-0.1, -0.05) is 11.6 Å². The number of benzene rings is 1. The van der Waals surface area contributed by atoms with Crippen molar-refractivity contribution >= 4 is 28.9 Å². The lowest BCUT2D eigenvalue weighted by molar-refractivity contribution is -0.384. The van der Waals surface area contributed by atoms with Crippen LogP contribution in [0, 0.1) is 10.1 Å². The van der Waals surface area contributed by atoms with Gasteiger partial charge < -0.3 is 5.32 Å². The number of carbonyl (C=O) groups excluding carboxylic acids is 1. The van der Waals surface area contributed by atoms with Gasteiger partial charge in [-0.15, -0.1) is 0 Å². The number of nitrogens with zero attached hydrogens (tertiary/aromatic N) is 3. The number of nitro benzene ring substituents is 1. The molecule has 1 N–H and O–H groups in total. The lowest BCUT2D eigenvalue weighted by Crippen LogP contribution is -2.14. The van der Waals surface area contributed by atoms with Crippen LogP contribution in [0.25, 0.3) is 0 Å². The van der Waals surface area contributed by atoms with Gasteiger partial charge in [-0.05, 0) is 12.1 Å². The van der Waals surface area contributed by atoms with E-state index in [9.17, 15) is 14.9 Å². The van der Waals surface area contributed by atoms with Crippen LogP contribution in [-0.2, 0) is 11.3 Å². The molecular weight excluding hydrogens is 284 g/mol. The summed E-state index contributed by atoms with van der Waals surface area (Å²) in [6.07, 6.45) is 3.35. The van der Waals surface area contributed by atoms with E-state index in [1.807, 2.05) is 0 Å². The summed E-state index contributed by atoms with van der Waals surface area (Å²) in [7, 11) is 0. The third-order valence-corrected chi connectivity index (χ3v) is 2.73. The fraction of sp³-hybridized carbons (Fsp3) is 0.167. The average molecular weight is 295 g/mol. The summed E-state index contributed by atoms with van der Waals surface area (Å²) in [5, 5.41) is 17.6. The van der Waals surface area contributed by atoms with Gasteiger partial charge in [0.15, 0.2) is 0 Å². The number of amides is 1. The van der Waals surface area contributed by atoms with Gasteiger partial charge in [-0.25, -0.2) is 0 Å². The van der Waals surface area contributed by atoms with Gasteiger partial charge in [-0.3, -0.25) is 19.6 Å². The Hall–Kier alpha value is -2.41. The molecule has 0 saturated carbocycles. The van der Waals surface area contributed by atoms with Crippen LogP contribution < -0.4 is 5.32 Å². The van der Waals surface area contributed by atoms with Crippen molar-refractivity contribution in [3.63, 3.8) is 0 Å². The van der Waals surface area contributed by atoms with Crippen molar-refractivity contribution < 1.29 is 9.72 Å². The zero-order valence-electron chi connectivity index (χ0n) is 10.3. The lowest BCUT2D eigenvalue weighted by atomic mass is 10.2. The van der Waals surface area contributed by atoms with Crippen LogP contribution in [0.15, 0.2) is 36.7 Å². The minimum absolute atomic E-state index is 0.0193. The molecule has 1 heterocycles. The van der Waals surface area contributed by atoms with E-state index in [0.717, 1.165) is 0 Å². The number of aromatic nitrogens is 2. The molecule has 1 aromatic heterocycles. The molecule has 20 heavy (non-hydrogen) atoms. The van der Waals surface area contributed by atoms with Gasteiger partial charge in [0, 0.05) is 37.0 Å². The van der Waals surface area contributed by atoms with E-state index in [4.69, 9.17) is 11.6 Å². The Labute approximate surface area is 119 Å². The first-order chi connectivity index (χ1) is 9.54. The lowest BCUT2D eigenvalue weighted by Gasteiger charge is -2.05. The highest BCUT2D eigenvalue weighted by atomic mass is 35.5. The van der Waals surface area contributed by atoms with Crippen molar-refractivity contribution in [2.45, 2.75) is 13.0 Å². The van der Waals surface area contributed by atoms with E-state index >= 15 is 0 Å². The Balaban J connectivity index is 1.86. The molecule has 0 atom stereocenters. The average Bonchev–Trinajstić information content (AvgIpc) is 2.83. The number of rotatable bonds is 5. The van der Waals surface area contributed by atoms with Crippen LogP contribution in [0.2, 0.25) is 5.02 Å². The maximum atomic E-state index is 11.7. The molecule has 2 rings (SSSR count). The van der Waals surface area contributed by atoms with Crippen molar-refractivity contribution in [2.24, 2.45) is 0 Å². The van der Waals surface area contributed by atoms with Gasteiger partial charge in [0.1, 0.15) is 0 Å². The van der Waals surface area contributed by atoms with Crippen LogP contribution in [0.3, 0.4) is 0 Å². The predicted molar refractivity (Wildman–Crippen MR) is 73.6 cm³/mol. The Morgan fingerprint density at radius 2 is 2.10 bits per heavy atom. The molecule has 0 fully saturated rings. The number of nitrogens with one attached hydrogen (secondary N) is 1. The van der Waals surface area contributed by atoms with Crippen molar-refractivity contribution in [1.82, 2.24) is 9.78 Å². The highest BCUT2D eigenvalue weighted by Crippen LogP contribution is 2.15. The molecule has 1 amide bonds. The summed E-state index contributed by atoms with van der Waals surface area (Å²) in [4.78, 5) is 21.7. The van der Waals surface area contributed by atoms with Crippen LogP contribution >= 0.6 is 11.6 Å². The molecule has 0 bridgehead atoms. The first-order valence-corrected chi connectivity index (χ1v) is 6.14. The molecule has 0 spiro atoms. The number of halogens is 1. The Morgan fingerprint density at radius 1 is 1.40 bits per heavy atom. The number of hydrogen-bond acceptors (Lipinski definition) is 4. The smallest absolute Gasteiger partial charge is 0.269 e. The first-order valence-electron chi connectivity index (χ1n) is 5.77. The number of anilines is 1. The summed E-state index contributed by atoms with van der Waals surface area (Å²) in [5.41, 5.74) is 0.494. The highest BCUT2D eigenvalue weighted by molar-refractivity contribution is 6.30. The molecule has 104 valence electrons. The fourth-order valence-electron chi connectivity index (χ4n) is 1.57. The van der Waals surface area contributed by atoms with E-state index in [2.05, 4.69) is 10.4 Å². The summed E-state index contributed by atoms with van der Waals surface area (Å²) < 4.78 is 1.57. The molecule has 0 unspecified atom stereocenters. The number of non-ortho nitro benzene ring substituents is 1. The standard InChI is InChI=1S/C12H11ClN4O3/c13-9-7-14-16(8-9)6-5-12(18)15-10-1-3-11(4-2-10)17(19)20/h1-4,7-8H,5-6H2,(H,15,18). The Kier molecular flexibility index (Phi) is 4.31. The van der Waals surface area contributed by atoms with Gasteiger partial charge in [0.2, 0.25) is 5.91 Å². The topological polar surface area (TPSA) is 90.1 Å². The minimum Gasteiger partial charge on any atom is -0.326 e. The molecule has 2 aromatic rings. The van der Waals surface area contributed by atoms with Crippen molar-refractivity contribution in [3.8, 4) is 0 Å². The van der Waals surface area contributed by atoms with E-state index in [1.54, 1.807) is 10.9 Å². The van der Waals surface area contributed by atoms with Crippen LogP contribution in [0.4, 0.5) is 11.4 Å². The van der Waals surface area contributed by atoms with Crippen molar-refractivity contribution in [3.05, 3.63) is 51.8 Å². The molecule has 1 aromatic carbocycles. The van der Waals surface area contributed by atoms with E-state index in [-0.39, 0.29) is 18.0 Å². The molecule has 0 aliphatic heterocycles. The largest absolute Gasteiger partial charge is 0.326 e. The van der Waals surface area contributed by atoms with Crippen LogP contribution in [0.1, 0.15) is 6.42 Å². The van der Waals surface area contributed by atoms with Gasteiger partial charge in [0.25, 0.3) is 5.69 Å². The second kappa shape index (κ2) is 6.16. The van der Waals surface area contributed by atoms with E-state index < -0.39 is 4.92 Å². The molecule has 0 saturated heterocycles. The second-order valence-corrected chi connectivity index (χ2v) is 4.46.